The number of carbonyl (C=O) groups is 2. The van der Waals surface area contributed by atoms with Gasteiger partial charge in [0.05, 0.1) is 0 Å². The predicted molar refractivity (Wildman–Crippen MR) is 87.1 cm³/mol. The first-order chi connectivity index (χ1) is 11.2. The van der Waals surface area contributed by atoms with Gasteiger partial charge < -0.3 is 14.8 Å². The maximum absolute atomic E-state index is 11.7. The van der Waals surface area contributed by atoms with Gasteiger partial charge in [0, 0.05) is 18.4 Å². The number of amides is 1. The number of hydrogen-bond acceptors (Lipinski definition) is 5. The normalized spacial score (nSPS) is 9.78. The van der Waals surface area contributed by atoms with Crippen molar-refractivity contribution in [2.24, 2.45) is 0 Å². The van der Waals surface area contributed by atoms with Crippen LogP contribution in [0.15, 0.2) is 48.5 Å². The van der Waals surface area contributed by atoms with Gasteiger partial charge in [0.2, 0.25) is 0 Å². The fraction of sp³-hybridized carbons (Fsp3) is 0.176. The number of rotatable bonds is 7. The maximum atomic E-state index is 11.7. The summed E-state index contributed by atoms with van der Waals surface area (Å²) in [5, 5.41) is 5.65. The third-order valence-corrected chi connectivity index (χ3v) is 3.13. The third-order valence-electron chi connectivity index (χ3n) is 3.13. The average molecular weight is 314 g/mol. The number of nitrogens with one attached hydrogen (secondary N) is 2. The molecular formula is C17H18N2O4. The van der Waals surface area contributed by atoms with Crippen molar-refractivity contribution < 1.29 is 19.1 Å². The fourth-order valence-electron chi connectivity index (χ4n) is 1.89. The number of carbonyl (C=O) groups excluding carboxylic acids is 2. The Morgan fingerprint density at radius 3 is 2.09 bits per heavy atom. The highest BCUT2D eigenvalue weighted by atomic mass is 16.5. The Balaban J connectivity index is 1.80. The standard InChI is InChI=1S/C17H18N2O4/c1-18-15-6-2-14(3-7-15)11-23-17(21)19-16-8-4-13(5-9-16)10-22-12-20/h2-9,12,18H,10-11H2,1H3,(H,19,21). The quantitative estimate of drug-likeness (QED) is 0.768. The van der Waals surface area contributed by atoms with Crippen LogP contribution in [-0.2, 0) is 27.5 Å². The summed E-state index contributed by atoms with van der Waals surface area (Å²) in [5.41, 5.74) is 3.34. The van der Waals surface area contributed by atoms with Crippen LogP contribution in [0, 0.1) is 0 Å². The van der Waals surface area contributed by atoms with Crippen LogP contribution in [0.1, 0.15) is 11.1 Å². The molecule has 0 saturated carbocycles. The van der Waals surface area contributed by atoms with Gasteiger partial charge in [-0.25, -0.2) is 4.79 Å². The molecule has 0 saturated heterocycles. The van der Waals surface area contributed by atoms with E-state index in [1.165, 1.54) is 0 Å². The highest BCUT2D eigenvalue weighted by Crippen LogP contribution is 2.12. The van der Waals surface area contributed by atoms with Crippen LogP contribution in [0.3, 0.4) is 0 Å². The van der Waals surface area contributed by atoms with Gasteiger partial charge in [-0.1, -0.05) is 24.3 Å². The molecule has 0 aliphatic heterocycles. The molecule has 0 aliphatic carbocycles. The molecule has 120 valence electrons. The molecule has 0 heterocycles. The zero-order chi connectivity index (χ0) is 16.5. The second kappa shape index (κ2) is 8.43. The molecule has 1 amide bonds. The molecule has 2 aromatic rings. The van der Waals surface area contributed by atoms with Gasteiger partial charge >= 0.3 is 6.09 Å². The minimum atomic E-state index is -0.528. The molecule has 23 heavy (non-hydrogen) atoms. The lowest BCUT2D eigenvalue weighted by Crippen LogP contribution is -2.13. The Labute approximate surface area is 134 Å². The smallest absolute Gasteiger partial charge is 0.411 e. The van der Waals surface area contributed by atoms with Gasteiger partial charge in [-0.2, -0.15) is 0 Å². The SMILES string of the molecule is CNc1ccc(COC(=O)Nc2ccc(COC=O)cc2)cc1. The number of benzene rings is 2. The lowest BCUT2D eigenvalue weighted by atomic mass is 10.2. The molecule has 0 fully saturated rings. The van der Waals surface area contributed by atoms with Gasteiger partial charge in [0.1, 0.15) is 13.2 Å². The minimum Gasteiger partial charge on any atom is -0.463 e. The highest BCUT2D eigenvalue weighted by Gasteiger charge is 2.04. The summed E-state index contributed by atoms with van der Waals surface area (Å²) >= 11 is 0. The molecule has 2 N–H and O–H groups in total. The average Bonchev–Trinajstić information content (AvgIpc) is 2.60. The summed E-state index contributed by atoms with van der Waals surface area (Å²) in [5.74, 6) is 0. The number of ether oxygens (including phenoxy) is 2. The first kappa shape index (κ1) is 16.4. The van der Waals surface area contributed by atoms with Gasteiger partial charge in [0.15, 0.2) is 0 Å². The summed E-state index contributed by atoms with van der Waals surface area (Å²) in [4.78, 5) is 21.9. The molecule has 2 aromatic carbocycles. The van der Waals surface area contributed by atoms with Crippen LogP contribution in [-0.4, -0.2) is 19.6 Å². The maximum Gasteiger partial charge on any atom is 0.411 e. The molecule has 0 unspecified atom stereocenters. The van der Waals surface area contributed by atoms with E-state index in [0.717, 1.165) is 16.8 Å². The fourth-order valence-corrected chi connectivity index (χ4v) is 1.89. The van der Waals surface area contributed by atoms with E-state index >= 15 is 0 Å². The molecule has 0 aliphatic rings. The van der Waals surface area contributed by atoms with Crippen molar-refractivity contribution >= 4 is 23.9 Å². The Morgan fingerprint density at radius 2 is 1.52 bits per heavy atom. The molecule has 0 atom stereocenters. The largest absolute Gasteiger partial charge is 0.463 e. The van der Waals surface area contributed by atoms with Crippen molar-refractivity contribution in [3.8, 4) is 0 Å². The van der Waals surface area contributed by atoms with Crippen molar-refractivity contribution in [3.63, 3.8) is 0 Å². The Bertz CT molecular complexity index is 639. The van der Waals surface area contributed by atoms with E-state index in [-0.39, 0.29) is 13.2 Å². The Kier molecular flexibility index (Phi) is 5.99. The molecule has 0 aromatic heterocycles. The summed E-state index contributed by atoms with van der Waals surface area (Å²) in [6.07, 6.45) is -0.528. The zero-order valence-corrected chi connectivity index (χ0v) is 12.7. The molecule has 6 heteroatoms. The first-order valence-corrected chi connectivity index (χ1v) is 7.06. The third kappa shape index (κ3) is 5.35. The van der Waals surface area contributed by atoms with Gasteiger partial charge in [-0.05, 0) is 35.4 Å². The summed E-state index contributed by atoms with van der Waals surface area (Å²) in [6.45, 7) is 0.796. The van der Waals surface area contributed by atoms with E-state index in [0.29, 0.717) is 12.2 Å². The van der Waals surface area contributed by atoms with Crippen LogP contribution >= 0.6 is 0 Å². The van der Waals surface area contributed by atoms with Crippen molar-refractivity contribution in [1.29, 1.82) is 0 Å². The van der Waals surface area contributed by atoms with Gasteiger partial charge in [-0.15, -0.1) is 0 Å². The van der Waals surface area contributed by atoms with E-state index in [9.17, 15) is 9.59 Å². The second-order valence-corrected chi connectivity index (χ2v) is 4.75. The molecule has 6 nitrogen and oxygen atoms in total. The van der Waals surface area contributed by atoms with E-state index in [1.807, 2.05) is 31.3 Å². The van der Waals surface area contributed by atoms with E-state index in [2.05, 4.69) is 15.4 Å². The zero-order valence-electron chi connectivity index (χ0n) is 12.7. The Hall–Kier alpha value is -3.02. The highest BCUT2D eigenvalue weighted by molar-refractivity contribution is 5.84. The van der Waals surface area contributed by atoms with E-state index in [4.69, 9.17) is 4.74 Å². The van der Waals surface area contributed by atoms with Crippen LogP contribution in [0.5, 0.6) is 0 Å². The predicted octanol–water partition coefficient (Wildman–Crippen LogP) is 3.15. The summed E-state index contributed by atoms with van der Waals surface area (Å²) in [6, 6.07) is 14.6. The van der Waals surface area contributed by atoms with Crippen LogP contribution in [0.2, 0.25) is 0 Å². The molecule has 0 spiro atoms. The van der Waals surface area contributed by atoms with E-state index < -0.39 is 6.09 Å². The van der Waals surface area contributed by atoms with Crippen molar-refractivity contribution in [1.82, 2.24) is 0 Å². The molecule has 0 radical (unpaired) electrons. The topological polar surface area (TPSA) is 76.7 Å². The van der Waals surface area contributed by atoms with Gasteiger partial charge in [-0.3, -0.25) is 10.1 Å². The van der Waals surface area contributed by atoms with Crippen LogP contribution in [0.4, 0.5) is 16.2 Å². The lowest BCUT2D eigenvalue weighted by Gasteiger charge is -2.08. The van der Waals surface area contributed by atoms with E-state index in [1.54, 1.807) is 24.3 Å². The summed E-state index contributed by atoms with van der Waals surface area (Å²) in [7, 11) is 1.84. The second-order valence-electron chi connectivity index (χ2n) is 4.75. The monoisotopic (exact) mass is 314 g/mol. The number of anilines is 2. The van der Waals surface area contributed by atoms with Gasteiger partial charge in [0.25, 0.3) is 6.47 Å². The Morgan fingerprint density at radius 1 is 0.957 bits per heavy atom. The molecule has 0 bridgehead atoms. The lowest BCUT2D eigenvalue weighted by molar-refractivity contribution is -0.129. The van der Waals surface area contributed by atoms with Crippen molar-refractivity contribution in [3.05, 3.63) is 59.7 Å². The van der Waals surface area contributed by atoms with Crippen LogP contribution in [0.25, 0.3) is 0 Å². The summed E-state index contributed by atoms with van der Waals surface area (Å²) < 4.78 is 9.81. The van der Waals surface area contributed by atoms with Crippen molar-refractivity contribution in [2.45, 2.75) is 13.2 Å². The minimum absolute atomic E-state index is 0.196. The first-order valence-electron chi connectivity index (χ1n) is 7.06. The van der Waals surface area contributed by atoms with Crippen molar-refractivity contribution in [2.75, 3.05) is 17.7 Å². The molecule has 2 rings (SSSR count). The number of hydrogen-bond donors (Lipinski definition) is 2. The van der Waals surface area contributed by atoms with Crippen LogP contribution < -0.4 is 10.6 Å². The molecular weight excluding hydrogens is 296 g/mol.